The second-order valence-electron chi connectivity index (χ2n) is 7.12. The van der Waals surface area contributed by atoms with Crippen molar-refractivity contribution >= 4 is 11.9 Å². The Morgan fingerprint density at radius 1 is 1.14 bits per heavy atom. The predicted octanol–water partition coefficient (Wildman–Crippen LogP) is 2.21. The summed E-state index contributed by atoms with van der Waals surface area (Å²) in [5, 5.41) is 13.0. The van der Waals surface area contributed by atoms with E-state index in [-0.39, 0.29) is 17.6 Å². The number of amides is 1. The highest BCUT2D eigenvalue weighted by Gasteiger charge is 2.38. The maximum absolute atomic E-state index is 13.1. The highest BCUT2D eigenvalue weighted by atomic mass is 19.1. The molecule has 9 heteroatoms. The summed E-state index contributed by atoms with van der Waals surface area (Å²) in [5.74, 6) is -0.851. The number of hydrogen-bond acceptors (Lipinski definition) is 6. The SMILES string of the molecule is O=C(O)[C@H]1CC[C@@H](C(=O)N2CCCC(c3nc(-c4ccc(F)cc4)no3)C2)O1. The molecule has 1 aromatic heterocycles. The van der Waals surface area contributed by atoms with Crippen LogP contribution in [-0.4, -0.2) is 57.3 Å². The lowest BCUT2D eigenvalue weighted by Crippen LogP contribution is -2.44. The van der Waals surface area contributed by atoms with Gasteiger partial charge in [-0.25, -0.2) is 9.18 Å². The molecule has 3 heterocycles. The van der Waals surface area contributed by atoms with Crippen LogP contribution in [0.2, 0.25) is 0 Å². The number of carbonyl (C=O) groups is 2. The van der Waals surface area contributed by atoms with Crippen LogP contribution in [0.15, 0.2) is 28.8 Å². The van der Waals surface area contributed by atoms with E-state index in [1.807, 2.05) is 0 Å². The van der Waals surface area contributed by atoms with Gasteiger partial charge in [0.2, 0.25) is 11.7 Å². The molecule has 0 spiro atoms. The van der Waals surface area contributed by atoms with Gasteiger partial charge < -0.3 is 19.3 Å². The van der Waals surface area contributed by atoms with Gasteiger partial charge in [-0.2, -0.15) is 4.98 Å². The fraction of sp³-hybridized carbons (Fsp3) is 0.474. The standard InChI is InChI=1S/C19H20FN3O5/c20-13-5-3-11(4-6-13)16-21-17(28-22-16)12-2-1-9-23(10-12)18(24)14-7-8-15(27-14)19(25)26/h3-6,12,14-15H,1-2,7-10H2,(H,25,26)/t12?,14-,15+/m0/s1. The third-order valence-corrected chi connectivity index (χ3v) is 5.20. The van der Waals surface area contributed by atoms with Crippen LogP contribution in [-0.2, 0) is 14.3 Å². The Balaban J connectivity index is 1.42. The zero-order chi connectivity index (χ0) is 19.7. The Morgan fingerprint density at radius 3 is 2.61 bits per heavy atom. The number of nitrogens with zero attached hydrogens (tertiary/aromatic N) is 3. The van der Waals surface area contributed by atoms with Gasteiger partial charge in [0.05, 0.1) is 5.92 Å². The van der Waals surface area contributed by atoms with E-state index < -0.39 is 18.2 Å². The lowest BCUT2D eigenvalue weighted by Gasteiger charge is -2.32. The van der Waals surface area contributed by atoms with Crippen molar-refractivity contribution in [2.45, 2.75) is 43.8 Å². The van der Waals surface area contributed by atoms with Crippen LogP contribution >= 0.6 is 0 Å². The maximum Gasteiger partial charge on any atom is 0.332 e. The van der Waals surface area contributed by atoms with Crippen LogP contribution in [0.25, 0.3) is 11.4 Å². The van der Waals surface area contributed by atoms with Gasteiger partial charge in [0, 0.05) is 18.7 Å². The van der Waals surface area contributed by atoms with Crippen LogP contribution < -0.4 is 0 Å². The van der Waals surface area contributed by atoms with Crippen LogP contribution in [0.3, 0.4) is 0 Å². The van der Waals surface area contributed by atoms with Crippen molar-refractivity contribution in [1.29, 1.82) is 0 Å². The number of rotatable bonds is 4. The Labute approximate surface area is 160 Å². The summed E-state index contributed by atoms with van der Waals surface area (Å²) < 4.78 is 23.8. The summed E-state index contributed by atoms with van der Waals surface area (Å²) in [6.07, 6.45) is 0.707. The van der Waals surface area contributed by atoms with Gasteiger partial charge in [0.1, 0.15) is 11.9 Å². The van der Waals surface area contributed by atoms with E-state index in [9.17, 15) is 14.0 Å². The summed E-state index contributed by atoms with van der Waals surface area (Å²) in [6, 6.07) is 5.82. The van der Waals surface area contributed by atoms with E-state index in [1.165, 1.54) is 12.1 Å². The summed E-state index contributed by atoms with van der Waals surface area (Å²) in [6.45, 7) is 1.01. The smallest absolute Gasteiger partial charge is 0.332 e. The van der Waals surface area contributed by atoms with E-state index in [0.717, 1.165) is 12.8 Å². The molecule has 1 aromatic carbocycles. The molecular formula is C19H20FN3O5. The van der Waals surface area contributed by atoms with Crippen molar-refractivity contribution < 1.29 is 28.3 Å². The van der Waals surface area contributed by atoms with E-state index in [2.05, 4.69) is 10.1 Å². The van der Waals surface area contributed by atoms with Crippen LogP contribution in [0, 0.1) is 5.82 Å². The van der Waals surface area contributed by atoms with Gasteiger partial charge in [0.25, 0.3) is 5.91 Å². The molecular weight excluding hydrogens is 369 g/mol. The Bertz CT molecular complexity index is 869. The molecule has 2 aliphatic heterocycles. The average molecular weight is 389 g/mol. The molecule has 2 aliphatic rings. The molecule has 4 rings (SSSR count). The van der Waals surface area contributed by atoms with E-state index in [1.54, 1.807) is 17.0 Å². The minimum Gasteiger partial charge on any atom is -0.479 e. The molecule has 148 valence electrons. The number of carboxylic acid groups (broad SMARTS) is 1. The third kappa shape index (κ3) is 3.75. The van der Waals surface area contributed by atoms with Crippen molar-refractivity contribution in [3.63, 3.8) is 0 Å². The fourth-order valence-corrected chi connectivity index (χ4v) is 3.70. The number of hydrogen-bond donors (Lipinski definition) is 1. The number of likely N-dealkylation sites (tertiary alicyclic amines) is 1. The van der Waals surface area contributed by atoms with Crippen molar-refractivity contribution in [1.82, 2.24) is 15.0 Å². The summed E-state index contributed by atoms with van der Waals surface area (Å²) in [5.41, 5.74) is 0.652. The second kappa shape index (κ2) is 7.67. The quantitative estimate of drug-likeness (QED) is 0.854. The van der Waals surface area contributed by atoms with Crippen molar-refractivity contribution in [3.05, 3.63) is 36.0 Å². The first-order valence-electron chi connectivity index (χ1n) is 9.28. The predicted molar refractivity (Wildman–Crippen MR) is 93.8 cm³/mol. The molecule has 1 N–H and O–H groups in total. The highest BCUT2D eigenvalue weighted by Crippen LogP contribution is 2.30. The summed E-state index contributed by atoms with van der Waals surface area (Å²) >= 11 is 0. The highest BCUT2D eigenvalue weighted by molar-refractivity contribution is 5.83. The Hall–Kier alpha value is -2.81. The molecule has 8 nitrogen and oxygen atoms in total. The fourth-order valence-electron chi connectivity index (χ4n) is 3.70. The van der Waals surface area contributed by atoms with Crippen LogP contribution in [0.5, 0.6) is 0 Å². The lowest BCUT2D eigenvalue weighted by molar-refractivity contribution is -0.155. The van der Waals surface area contributed by atoms with Gasteiger partial charge in [-0.15, -0.1) is 0 Å². The molecule has 1 unspecified atom stereocenters. The third-order valence-electron chi connectivity index (χ3n) is 5.20. The normalized spacial score (nSPS) is 25.0. The maximum atomic E-state index is 13.1. The number of carbonyl (C=O) groups excluding carboxylic acids is 1. The molecule has 2 fully saturated rings. The van der Waals surface area contributed by atoms with E-state index in [4.69, 9.17) is 14.4 Å². The molecule has 0 aliphatic carbocycles. The van der Waals surface area contributed by atoms with Gasteiger partial charge in [-0.05, 0) is 49.9 Å². The number of aliphatic carboxylic acids is 1. The van der Waals surface area contributed by atoms with E-state index >= 15 is 0 Å². The molecule has 3 atom stereocenters. The van der Waals surface area contributed by atoms with Crippen molar-refractivity contribution in [2.24, 2.45) is 0 Å². The van der Waals surface area contributed by atoms with Gasteiger partial charge in [-0.3, -0.25) is 4.79 Å². The second-order valence-corrected chi connectivity index (χ2v) is 7.12. The summed E-state index contributed by atoms with van der Waals surface area (Å²) in [7, 11) is 0. The van der Waals surface area contributed by atoms with Gasteiger partial charge >= 0.3 is 5.97 Å². The van der Waals surface area contributed by atoms with E-state index in [0.29, 0.717) is 43.2 Å². The first kappa shape index (κ1) is 18.5. The number of aromatic nitrogens is 2. The molecule has 2 saturated heterocycles. The Kier molecular flexibility index (Phi) is 5.08. The number of ether oxygens (including phenoxy) is 1. The molecule has 0 radical (unpaired) electrons. The average Bonchev–Trinajstić information content (AvgIpc) is 3.38. The lowest BCUT2D eigenvalue weighted by atomic mass is 9.97. The first-order valence-corrected chi connectivity index (χ1v) is 9.28. The number of benzene rings is 1. The summed E-state index contributed by atoms with van der Waals surface area (Å²) in [4.78, 5) is 29.8. The molecule has 2 aromatic rings. The minimum atomic E-state index is -1.04. The van der Waals surface area contributed by atoms with Crippen LogP contribution in [0.1, 0.15) is 37.5 Å². The monoisotopic (exact) mass is 389 g/mol. The number of piperidine rings is 1. The Morgan fingerprint density at radius 2 is 1.89 bits per heavy atom. The first-order chi connectivity index (χ1) is 13.5. The topological polar surface area (TPSA) is 106 Å². The zero-order valence-electron chi connectivity index (χ0n) is 15.1. The number of carboxylic acids is 1. The largest absolute Gasteiger partial charge is 0.479 e. The van der Waals surface area contributed by atoms with Crippen LogP contribution in [0.4, 0.5) is 4.39 Å². The molecule has 28 heavy (non-hydrogen) atoms. The molecule has 1 amide bonds. The van der Waals surface area contributed by atoms with Crippen molar-refractivity contribution in [3.8, 4) is 11.4 Å². The zero-order valence-corrected chi connectivity index (χ0v) is 15.1. The minimum absolute atomic E-state index is 0.101. The van der Waals surface area contributed by atoms with Crippen molar-refractivity contribution in [2.75, 3.05) is 13.1 Å². The molecule has 0 saturated carbocycles. The number of halogens is 1. The van der Waals surface area contributed by atoms with Gasteiger partial charge in [0.15, 0.2) is 6.10 Å². The van der Waals surface area contributed by atoms with Gasteiger partial charge in [-0.1, -0.05) is 5.16 Å². The molecule has 0 bridgehead atoms.